The minimum Gasteiger partial charge on any atom is -0.494 e. The van der Waals surface area contributed by atoms with Gasteiger partial charge in [-0.2, -0.15) is 0 Å². The van der Waals surface area contributed by atoms with E-state index < -0.39 is 5.82 Å². The van der Waals surface area contributed by atoms with Gasteiger partial charge in [-0.1, -0.05) is 6.07 Å². The fourth-order valence-electron chi connectivity index (χ4n) is 1.77. The summed E-state index contributed by atoms with van der Waals surface area (Å²) < 4.78 is 23.3. The average Bonchev–Trinajstić information content (AvgIpc) is 2.76. The van der Waals surface area contributed by atoms with Crippen LogP contribution in [0.5, 0.6) is 5.75 Å². The van der Waals surface area contributed by atoms with Gasteiger partial charge < -0.3 is 14.9 Å². The summed E-state index contributed by atoms with van der Waals surface area (Å²) in [5, 5.41) is 0.275. The number of rotatable bonds is 4. The SMILES string of the molecule is COc1ccc(CC(N)c2ccoc2Cl)cc1F. The largest absolute Gasteiger partial charge is 0.494 e. The van der Waals surface area contributed by atoms with Crippen LogP contribution in [-0.4, -0.2) is 7.11 Å². The predicted octanol–water partition coefficient (Wildman–Crippen LogP) is 3.32. The van der Waals surface area contributed by atoms with Gasteiger partial charge in [-0.3, -0.25) is 0 Å². The van der Waals surface area contributed by atoms with Crippen molar-refractivity contribution < 1.29 is 13.5 Å². The first kappa shape index (κ1) is 12.9. The summed E-state index contributed by atoms with van der Waals surface area (Å²) in [4.78, 5) is 0. The maximum absolute atomic E-state index is 13.5. The first-order valence-electron chi connectivity index (χ1n) is 5.42. The minimum atomic E-state index is -0.402. The van der Waals surface area contributed by atoms with Crippen molar-refractivity contribution in [2.75, 3.05) is 7.11 Å². The second kappa shape index (κ2) is 5.42. The number of benzene rings is 1. The monoisotopic (exact) mass is 269 g/mol. The van der Waals surface area contributed by atoms with E-state index in [1.54, 1.807) is 18.2 Å². The van der Waals surface area contributed by atoms with Gasteiger partial charge in [-0.15, -0.1) is 0 Å². The highest BCUT2D eigenvalue weighted by Crippen LogP contribution is 2.26. The van der Waals surface area contributed by atoms with E-state index >= 15 is 0 Å². The van der Waals surface area contributed by atoms with Crippen LogP contribution in [0.15, 0.2) is 34.9 Å². The molecule has 1 atom stereocenters. The van der Waals surface area contributed by atoms with Crippen molar-refractivity contribution in [1.82, 2.24) is 0 Å². The number of nitrogens with two attached hydrogens (primary N) is 1. The molecule has 1 aromatic carbocycles. The zero-order valence-electron chi connectivity index (χ0n) is 9.82. The molecular weight excluding hydrogens is 257 g/mol. The molecule has 18 heavy (non-hydrogen) atoms. The summed E-state index contributed by atoms with van der Waals surface area (Å²) in [7, 11) is 1.43. The van der Waals surface area contributed by atoms with Crippen molar-refractivity contribution in [3.63, 3.8) is 0 Å². The van der Waals surface area contributed by atoms with Crippen LogP contribution >= 0.6 is 11.6 Å². The Labute approximate surface area is 109 Å². The van der Waals surface area contributed by atoms with Crippen molar-refractivity contribution in [3.8, 4) is 5.75 Å². The molecule has 0 saturated carbocycles. The lowest BCUT2D eigenvalue weighted by Crippen LogP contribution is -2.13. The molecule has 1 heterocycles. The number of halogens is 2. The van der Waals surface area contributed by atoms with Gasteiger partial charge in [-0.25, -0.2) is 4.39 Å². The van der Waals surface area contributed by atoms with Crippen LogP contribution in [-0.2, 0) is 6.42 Å². The summed E-state index contributed by atoms with van der Waals surface area (Å²) in [5.74, 6) is -0.186. The molecule has 2 aromatic rings. The molecule has 0 saturated heterocycles. The molecule has 0 radical (unpaired) electrons. The summed E-state index contributed by atoms with van der Waals surface area (Å²) in [6.45, 7) is 0. The van der Waals surface area contributed by atoms with Gasteiger partial charge >= 0.3 is 0 Å². The van der Waals surface area contributed by atoms with E-state index in [2.05, 4.69) is 0 Å². The summed E-state index contributed by atoms with van der Waals surface area (Å²) >= 11 is 5.84. The molecule has 0 fully saturated rings. The molecule has 2 N–H and O–H groups in total. The van der Waals surface area contributed by atoms with Crippen LogP contribution in [0.4, 0.5) is 4.39 Å². The molecule has 2 rings (SSSR count). The zero-order valence-corrected chi connectivity index (χ0v) is 10.6. The number of hydrogen-bond donors (Lipinski definition) is 1. The smallest absolute Gasteiger partial charge is 0.197 e. The lowest BCUT2D eigenvalue weighted by molar-refractivity contribution is 0.386. The molecule has 3 nitrogen and oxygen atoms in total. The molecule has 5 heteroatoms. The molecule has 0 aliphatic heterocycles. The van der Waals surface area contributed by atoms with Crippen molar-refractivity contribution in [1.29, 1.82) is 0 Å². The van der Waals surface area contributed by atoms with Crippen LogP contribution in [0, 0.1) is 5.82 Å². The lowest BCUT2D eigenvalue weighted by Gasteiger charge is -2.11. The standard InChI is InChI=1S/C13H13ClFNO2/c1-17-12-3-2-8(6-10(12)15)7-11(16)9-4-5-18-13(9)14/h2-6,11H,7,16H2,1H3. The molecule has 0 spiro atoms. The van der Waals surface area contributed by atoms with E-state index in [1.807, 2.05) is 0 Å². The van der Waals surface area contributed by atoms with Gasteiger partial charge in [0.1, 0.15) is 0 Å². The van der Waals surface area contributed by atoms with E-state index in [0.717, 1.165) is 5.56 Å². The second-order valence-corrected chi connectivity index (χ2v) is 4.27. The molecule has 96 valence electrons. The predicted molar refractivity (Wildman–Crippen MR) is 67.3 cm³/mol. The summed E-state index contributed by atoms with van der Waals surface area (Å²) in [6, 6.07) is 6.15. The van der Waals surface area contributed by atoms with Gasteiger partial charge in [0, 0.05) is 11.6 Å². The van der Waals surface area contributed by atoms with Crippen molar-refractivity contribution in [2.24, 2.45) is 5.73 Å². The van der Waals surface area contributed by atoms with Gasteiger partial charge in [-0.05, 0) is 41.8 Å². The van der Waals surface area contributed by atoms with Gasteiger partial charge in [0.25, 0.3) is 0 Å². The van der Waals surface area contributed by atoms with E-state index in [1.165, 1.54) is 19.4 Å². The van der Waals surface area contributed by atoms with Crippen LogP contribution in [0.1, 0.15) is 17.2 Å². The molecular formula is C13H13ClFNO2. The van der Waals surface area contributed by atoms with Crippen molar-refractivity contribution in [2.45, 2.75) is 12.5 Å². The Hall–Kier alpha value is -1.52. The average molecular weight is 270 g/mol. The highest BCUT2D eigenvalue weighted by molar-refractivity contribution is 6.29. The number of methoxy groups -OCH3 is 1. The Morgan fingerprint density at radius 3 is 2.78 bits per heavy atom. The molecule has 0 aliphatic rings. The Bertz CT molecular complexity index is 542. The fraction of sp³-hybridized carbons (Fsp3) is 0.231. The summed E-state index contributed by atoms with van der Waals surface area (Å²) in [5.41, 5.74) is 7.49. The van der Waals surface area contributed by atoms with Gasteiger partial charge in [0.2, 0.25) is 0 Å². The molecule has 1 aromatic heterocycles. The first-order valence-corrected chi connectivity index (χ1v) is 5.80. The van der Waals surface area contributed by atoms with Crippen molar-refractivity contribution >= 4 is 11.6 Å². The molecule has 0 bridgehead atoms. The third-order valence-electron chi connectivity index (χ3n) is 2.72. The van der Waals surface area contributed by atoms with Crippen LogP contribution < -0.4 is 10.5 Å². The van der Waals surface area contributed by atoms with Gasteiger partial charge in [0.15, 0.2) is 16.8 Å². The Kier molecular flexibility index (Phi) is 3.89. The maximum Gasteiger partial charge on any atom is 0.197 e. The highest BCUT2D eigenvalue weighted by Gasteiger charge is 2.14. The minimum absolute atomic E-state index is 0.216. The number of hydrogen-bond acceptors (Lipinski definition) is 3. The van der Waals surface area contributed by atoms with Crippen LogP contribution in [0.2, 0.25) is 5.22 Å². The third-order valence-corrected chi connectivity index (χ3v) is 3.02. The quantitative estimate of drug-likeness (QED) is 0.926. The van der Waals surface area contributed by atoms with E-state index in [4.69, 9.17) is 26.5 Å². The summed E-state index contributed by atoms with van der Waals surface area (Å²) in [6.07, 6.45) is 1.95. The topological polar surface area (TPSA) is 48.4 Å². The van der Waals surface area contributed by atoms with Crippen LogP contribution in [0.25, 0.3) is 0 Å². The first-order chi connectivity index (χ1) is 8.61. The lowest BCUT2D eigenvalue weighted by atomic mass is 10.0. The second-order valence-electron chi connectivity index (χ2n) is 3.93. The highest BCUT2D eigenvalue weighted by atomic mass is 35.5. The number of furan rings is 1. The number of ether oxygens (including phenoxy) is 1. The molecule has 0 aliphatic carbocycles. The Balaban J connectivity index is 2.15. The Morgan fingerprint density at radius 2 is 2.22 bits per heavy atom. The fourth-order valence-corrected chi connectivity index (χ4v) is 2.03. The van der Waals surface area contributed by atoms with Crippen LogP contribution in [0.3, 0.4) is 0 Å². The third kappa shape index (κ3) is 2.66. The normalized spacial score (nSPS) is 12.4. The maximum atomic E-state index is 13.5. The molecule has 1 unspecified atom stereocenters. The Morgan fingerprint density at radius 1 is 1.44 bits per heavy atom. The van der Waals surface area contributed by atoms with E-state index in [9.17, 15) is 4.39 Å². The van der Waals surface area contributed by atoms with Gasteiger partial charge in [0.05, 0.1) is 13.4 Å². The van der Waals surface area contributed by atoms with E-state index in [-0.39, 0.29) is 17.0 Å². The zero-order chi connectivity index (χ0) is 13.1. The van der Waals surface area contributed by atoms with E-state index in [0.29, 0.717) is 12.0 Å². The van der Waals surface area contributed by atoms with Crippen molar-refractivity contribution in [3.05, 3.63) is 52.7 Å². The molecule has 0 amide bonds.